The maximum absolute atomic E-state index is 11.9. The molecule has 0 fully saturated rings. The molecule has 0 saturated carbocycles. The Hall–Kier alpha value is -1.56. The second-order valence-electron chi connectivity index (χ2n) is 3.99. The zero-order valence-corrected chi connectivity index (χ0v) is 10.6. The summed E-state index contributed by atoms with van der Waals surface area (Å²) in [5.74, 6) is -0.103. The van der Waals surface area contributed by atoms with Crippen LogP contribution in [0, 0.1) is 0 Å². The van der Waals surface area contributed by atoms with Crippen LogP contribution >= 0.6 is 11.7 Å². The number of amides is 1. The average Bonchev–Trinajstić information content (AvgIpc) is 2.75. The maximum Gasteiger partial charge on any atom is 0.253 e. The summed E-state index contributed by atoms with van der Waals surface area (Å²) < 4.78 is 8.06. The van der Waals surface area contributed by atoms with Gasteiger partial charge in [0.15, 0.2) is 5.65 Å². The summed E-state index contributed by atoms with van der Waals surface area (Å²) in [5.41, 5.74) is 1.80. The third-order valence-electron chi connectivity index (χ3n) is 2.48. The van der Waals surface area contributed by atoms with Crippen molar-refractivity contribution in [2.75, 3.05) is 0 Å². The van der Waals surface area contributed by atoms with Crippen LogP contribution < -0.4 is 5.32 Å². The lowest BCUT2D eigenvalue weighted by Crippen LogP contribution is -2.32. The highest BCUT2D eigenvalue weighted by molar-refractivity contribution is 7.00. The molecule has 0 spiro atoms. The predicted octanol–water partition coefficient (Wildman–Crippen LogP) is 2.00. The fourth-order valence-corrected chi connectivity index (χ4v) is 2.10. The second-order valence-corrected chi connectivity index (χ2v) is 4.52. The van der Waals surface area contributed by atoms with Crippen molar-refractivity contribution in [3.05, 3.63) is 17.8 Å². The van der Waals surface area contributed by atoms with E-state index >= 15 is 0 Å². The quantitative estimate of drug-likeness (QED) is 0.901. The molecular weight excluding hydrogens is 236 g/mol. The number of rotatable bonds is 4. The Morgan fingerprint density at radius 3 is 3.12 bits per heavy atom. The second kappa shape index (κ2) is 5.18. The summed E-state index contributed by atoms with van der Waals surface area (Å²) in [7, 11) is 0. The molecule has 0 aliphatic rings. The van der Waals surface area contributed by atoms with Gasteiger partial charge in [-0.1, -0.05) is 13.3 Å². The first-order valence-corrected chi connectivity index (χ1v) is 6.33. The van der Waals surface area contributed by atoms with Crippen LogP contribution in [0.4, 0.5) is 0 Å². The van der Waals surface area contributed by atoms with Gasteiger partial charge in [-0.3, -0.25) is 4.79 Å². The van der Waals surface area contributed by atoms with Crippen LogP contribution in [0.2, 0.25) is 0 Å². The van der Waals surface area contributed by atoms with Crippen molar-refractivity contribution >= 4 is 28.8 Å². The van der Waals surface area contributed by atoms with Crippen molar-refractivity contribution < 1.29 is 4.79 Å². The number of carbonyl (C=O) groups is 1. The summed E-state index contributed by atoms with van der Waals surface area (Å²) in [4.78, 5) is 16.0. The fourth-order valence-electron chi connectivity index (χ4n) is 1.62. The Kier molecular flexibility index (Phi) is 3.63. The summed E-state index contributed by atoms with van der Waals surface area (Å²) in [5, 5.41) is 2.93. The molecule has 1 amide bonds. The number of fused-ring (bicyclic) bond motifs is 1. The fraction of sp³-hybridized carbons (Fsp3) is 0.455. The van der Waals surface area contributed by atoms with Crippen molar-refractivity contribution in [3.63, 3.8) is 0 Å². The lowest BCUT2D eigenvalue weighted by molar-refractivity contribution is 0.0938. The highest BCUT2D eigenvalue weighted by Crippen LogP contribution is 2.10. The van der Waals surface area contributed by atoms with Crippen LogP contribution in [0.3, 0.4) is 0 Å². The minimum absolute atomic E-state index is 0.103. The Morgan fingerprint density at radius 1 is 1.53 bits per heavy atom. The molecule has 2 aromatic heterocycles. The number of carbonyl (C=O) groups excluding carboxylic acids is 1. The van der Waals surface area contributed by atoms with Gasteiger partial charge in [0.1, 0.15) is 5.52 Å². The molecule has 0 aliphatic carbocycles. The van der Waals surface area contributed by atoms with Gasteiger partial charge in [0, 0.05) is 12.2 Å². The standard InChI is InChI=1S/C11H14N4OS/c1-3-4-7(2)13-11(16)8-5-9-10(12-6-8)15-17-14-9/h5-7H,3-4H2,1-2H3,(H,13,16). The predicted molar refractivity (Wildman–Crippen MR) is 67.0 cm³/mol. The van der Waals surface area contributed by atoms with Gasteiger partial charge in [-0.15, -0.1) is 0 Å². The molecule has 2 rings (SSSR count). The molecule has 1 unspecified atom stereocenters. The van der Waals surface area contributed by atoms with E-state index in [1.54, 1.807) is 6.07 Å². The normalized spacial score (nSPS) is 12.6. The van der Waals surface area contributed by atoms with Gasteiger partial charge in [-0.2, -0.15) is 8.75 Å². The zero-order valence-electron chi connectivity index (χ0n) is 9.80. The summed E-state index contributed by atoms with van der Waals surface area (Å²) in [6, 6.07) is 1.90. The molecular formula is C11H14N4OS. The van der Waals surface area contributed by atoms with E-state index in [-0.39, 0.29) is 11.9 Å². The van der Waals surface area contributed by atoms with Crippen molar-refractivity contribution in [1.29, 1.82) is 0 Å². The van der Waals surface area contributed by atoms with E-state index in [9.17, 15) is 4.79 Å². The van der Waals surface area contributed by atoms with Crippen LogP contribution in [0.1, 0.15) is 37.0 Å². The smallest absolute Gasteiger partial charge is 0.253 e. The van der Waals surface area contributed by atoms with Gasteiger partial charge in [0.25, 0.3) is 5.91 Å². The van der Waals surface area contributed by atoms with E-state index in [4.69, 9.17) is 0 Å². The van der Waals surface area contributed by atoms with Crippen LogP contribution in [0.25, 0.3) is 11.2 Å². The largest absolute Gasteiger partial charge is 0.350 e. The van der Waals surface area contributed by atoms with E-state index in [1.165, 1.54) is 6.20 Å². The molecule has 17 heavy (non-hydrogen) atoms. The first-order valence-electron chi connectivity index (χ1n) is 5.60. The summed E-state index contributed by atoms with van der Waals surface area (Å²) in [6.45, 7) is 4.09. The monoisotopic (exact) mass is 250 g/mol. The number of nitrogens with one attached hydrogen (secondary N) is 1. The number of nitrogens with zero attached hydrogens (tertiary/aromatic N) is 3. The summed E-state index contributed by atoms with van der Waals surface area (Å²) in [6.07, 6.45) is 3.56. The highest BCUT2D eigenvalue weighted by Gasteiger charge is 2.11. The van der Waals surface area contributed by atoms with Gasteiger partial charge < -0.3 is 5.32 Å². The van der Waals surface area contributed by atoms with Gasteiger partial charge in [0.2, 0.25) is 0 Å². The number of aromatic nitrogens is 3. The minimum atomic E-state index is -0.103. The van der Waals surface area contributed by atoms with Gasteiger partial charge in [-0.25, -0.2) is 4.98 Å². The molecule has 2 heterocycles. The SMILES string of the molecule is CCCC(C)NC(=O)c1cnc2nsnc2c1. The zero-order chi connectivity index (χ0) is 12.3. The summed E-state index contributed by atoms with van der Waals surface area (Å²) >= 11 is 1.10. The number of hydrogen-bond donors (Lipinski definition) is 1. The Labute approximate surface area is 104 Å². The van der Waals surface area contributed by atoms with Crippen molar-refractivity contribution in [2.45, 2.75) is 32.7 Å². The van der Waals surface area contributed by atoms with E-state index in [0.717, 1.165) is 24.6 Å². The van der Waals surface area contributed by atoms with E-state index in [1.807, 2.05) is 6.92 Å². The van der Waals surface area contributed by atoms with Crippen LogP contribution in [0.5, 0.6) is 0 Å². The Morgan fingerprint density at radius 2 is 2.35 bits per heavy atom. The Bertz CT molecular complexity index is 525. The van der Waals surface area contributed by atoms with E-state index in [2.05, 4.69) is 26.0 Å². The Balaban J connectivity index is 2.13. The molecule has 1 N–H and O–H groups in total. The first kappa shape index (κ1) is 11.9. The molecule has 0 bridgehead atoms. The molecule has 0 aromatic carbocycles. The maximum atomic E-state index is 11.9. The van der Waals surface area contributed by atoms with Crippen molar-refractivity contribution in [1.82, 2.24) is 19.0 Å². The third kappa shape index (κ3) is 2.76. The highest BCUT2D eigenvalue weighted by atomic mass is 32.1. The minimum Gasteiger partial charge on any atom is -0.350 e. The van der Waals surface area contributed by atoms with Crippen molar-refractivity contribution in [2.24, 2.45) is 0 Å². The lowest BCUT2D eigenvalue weighted by atomic mass is 10.2. The molecule has 0 saturated heterocycles. The van der Waals surface area contributed by atoms with Crippen LogP contribution in [-0.2, 0) is 0 Å². The first-order chi connectivity index (χ1) is 8.20. The molecule has 5 nitrogen and oxygen atoms in total. The van der Waals surface area contributed by atoms with Gasteiger partial charge >= 0.3 is 0 Å². The molecule has 90 valence electrons. The molecule has 0 aliphatic heterocycles. The van der Waals surface area contributed by atoms with Gasteiger partial charge in [-0.05, 0) is 19.4 Å². The van der Waals surface area contributed by atoms with Crippen LogP contribution in [0.15, 0.2) is 12.3 Å². The van der Waals surface area contributed by atoms with E-state index in [0.29, 0.717) is 16.7 Å². The topological polar surface area (TPSA) is 67.8 Å². The molecule has 0 radical (unpaired) electrons. The van der Waals surface area contributed by atoms with E-state index < -0.39 is 0 Å². The van der Waals surface area contributed by atoms with Crippen molar-refractivity contribution in [3.8, 4) is 0 Å². The van der Waals surface area contributed by atoms with Crippen LogP contribution in [-0.4, -0.2) is 25.7 Å². The third-order valence-corrected chi connectivity index (χ3v) is 3.01. The number of hydrogen-bond acceptors (Lipinski definition) is 5. The van der Waals surface area contributed by atoms with Gasteiger partial charge in [0.05, 0.1) is 17.3 Å². The number of pyridine rings is 1. The molecule has 2 aromatic rings. The molecule has 6 heteroatoms. The average molecular weight is 250 g/mol. The molecule has 1 atom stereocenters. The lowest BCUT2D eigenvalue weighted by Gasteiger charge is -2.12.